The van der Waals surface area contributed by atoms with Gasteiger partial charge in [-0.05, 0) is 128 Å². The van der Waals surface area contributed by atoms with Crippen molar-refractivity contribution in [2.45, 2.75) is 118 Å². The molecule has 0 spiro atoms. The van der Waals surface area contributed by atoms with E-state index in [0.717, 1.165) is 54.3 Å². The molecule has 1 heteroatoms. The molecule has 5 aliphatic carbocycles. The zero-order valence-electron chi connectivity index (χ0n) is 21.4. The van der Waals surface area contributed by atoms with Gasteiger partial charge in [0.2, 0.25) is 0 Å². The molecule has 0 aromatic rings. The first-order chi connectivity index (χ1) is 14.6. The Kier molecular flexibility index (Phi) is 5.52. The van der Waals surface area contributed by atoms with Crippen LogP contribution in [0.1, 0.15) is 112 Å². The summed E-state index contributed by atoms with van der Waals surface area (Å²) in [4.78, 5) is 0. The van der Waals surface area contributed by atoms with E-state index in [1.54, 1.807) is 5.57 Å². The van der Waals surface area contributed by atoms with Gasteiger partial charge < -0.3 is 5.11 Å². The van der Waals surface area contributed by atoms with Crippen molar-refractivity contribution in [2.75, 3.05) is 0 Å². The van der Waals surface area contributed by atoms with Crippen LogP contribution in [-0.2, 0) is 0 Å². The Hall–Kier alpha value is -0.300. The molecule has 5 rings (SSSR count). The number of aliphatic hydroxyl groups is 1. The van der Waals surface area contributed by atoms with Crippen molar-refractivity contribution in [3.63, 3.8) is 0 Å². The van der Waals surface area contributed by atoms with Gasteiger partial charge in [0.1, 0.15) is 0 Å². The lowest BCUT2D eigenvalue weighted by molar-refractivity contribution is -0.0576. The van der Waals surface area contributed by atoms with Crippen LogP contribution in [0.2, 0.25) is 0 Å². The number of allylic oxidation sites excluding steroid dienone is 1. The van der Waals surface area contributed by atoms with Gasteiger partial charge in [0.05, 0.1) is 6.10 Å². The molecule has 31 heavy (non-hydrogen) atoms. The van der Waals surface area contributed by atoms with Crippen molar-refractivity contribution in [2.24, 2.45) is 57.7 Å². The predicted molar refractivity (Wildman–Crippen MR) is 131 cm³/mol. The highest BCUT2D eigenvalue weighted by molar-refractivity contribution is 5.25. The number of fused-ring (bicyclic) bond motifs is 5. The third kappa shape index (κ3) is 3.33. The van der Waals surface area contributed by atoms with E-state index in [9.17, 15) is 5.11 Å². The van der Waals surface area contributed by atoms with Crippen LogP contribution in [0.4, 0.5) is 0 Å². The third-order valence-electron chi connectivity index (χ3n) is 12.6. The molecule has 4 saturated carbocycles. The smallest absolute Gasteiger partial charge is 0.0577 e. The quantitative estimate of drug-likeness (QED) is 0.441. The summed E-state index contributed by atoms with van der Waals surface area (Å²) in [6.07, 6.45) is 17.3. The van der Waals surface area contributed by atoms with Crippen molar-refractivity contribution in [3.05, 3.63) is 11.6 Å². The molecule has 0 amide bonds. The molecule has 4 fully saturated rings. The number of aliphatic hydroxyl groups excluding tert-OH is 1. The average molecular weight is 427 g/mol. The first kappa shape index (κ1) is 22.5. The zero-order valence-corrected chi connectivity index (χ0v) is 21.4. The number of rotatable bonds is 5. The summed E-state index contributed by atoms with van der Waals surface area (Å²) in [7, 11) is 0. The molecule has 0 radical (unpaired) electrons. The summed E-state index contributed by atoms with van der Waals surface area (Å²) >= 11 is 0. The Morgan fingerprint density at radius 3 is 2.45 bits per heavy atom. The van der Waals surface area contributed by atoms with Crippen LogP contribution < -0.4 is 0 Å². The van der Waals surface area contributed by atoms with Crippen molar-refractivity contribution in [1.29, 1.82) is 0 Å². The minimum absolute atomic E-state index is 0.0789. The van der Waals surface area contributed by atoms with Crippen molar-refractivity contribution in [3.8, 4) is 0 Å². The van der Waals surface area contributed by atoms with Crippen LogP contribution in [-0.4, -0.2) is 11.2 Å². The van der Waals surface area contributed by atoms with Crippen LogP contribution in [0.25, 0.3) is 0 Å². The van der Waals surface area contributed by atoms with Crippen LogP contribution in [0.3, 0.4) is 0 Å². The molecule has 0 heterocycles. The van der Waals surface area contributed by atoms with Gasteiger partial charge in [0.15, 0.2) is 0 Å². The Bertz CT molecular complexity index is 722. The van der Waals surface area contributed by atoms with Crippen molar-refractivity contribution in [1.82, 2.24) is 0 Å². The summed E-state index contributed by atoms with van der Waals surface area (Å²) in [5.74, 6) is 6.39. The molecular formula is C30H50O. The molecular weight excluding hydrogens is 376 g/mol. The van der Waals surface area contributed by atoms with Gasteiger partial charge in [-0.15, -0.1) is 0 Å². The van der Waals surface area contributed by atoms with Crippen LogP contribution >= 0.6 is 0 Å². The van der Waals surface area contributed by atoms with Gasteiger partial charge in [-0.25, -0.2) is 0 Å². The predicted octanol–water partition coefficient (Wildman–Crippen LogP) is 8.02. The number of hydrogen-bond donors (Lipinski definition) is 1. The molecule has 0 aliphatic heterocycles. The highest BCUT2D eigenvalue weighted by atomic mass is 16.3. The van der Waals surface area contributed by atoms with Gasteiger partial charge in [0.25, 0.3) is 0 Å². The van der Waals surface area contributed by atoms with E-state index in [1.807, 2.05) is 0 Å². The van der Waals surface area contributed by atoms with Crippen LogP contribution in [0.15, 0.2) is 11.6 Å². The van der Waals surface area contributed by atoms with Gasteiger partial charge in [-0.1, -0.05) is 53.2 Å². The highest BCUT2D eigenvalue weighted by Gasteiger charge is 2.59. The lowest BCUT2D eigenvalue weighted by Gasteiger charge is -2.58. The van der Waals surface area contributed by atoms with Gasteiger partial charge >= 0.3 is 0 Å². The maximum absolute atomic E-state index is 10.3. The minimum Gasteiger partial charge on any atom is -0.393 e. The molecule has 0 saturated heterocycles. The topological polar surface area (TPSA) is 20.2 Å². The fraction of sp³-hybridized carbons (Fsp3) is 0.933. The SMILES string of the molecule is CC(C)[C@]1(CC[C@@H](C)[C@H]2CC[C@H]3[C@@H]4CC=C5CC(O)CC[C@]5(C)[C@H]4CC[C@]23C)C[C@@H]1C. The fourth-order valence-electron chi connectivity index (χ4n) is 10.3. The monoisotopic (exact) mass is 426 g/mol. The van der Waals surface area contributed by atoms with Gasteiger partial charge in [-0.3, -0.25) is 0 Å². The fourth-order valence-corrected chi connectivity index (χ4v) is 10.3. The minimum atomic E-state index is -0.0789. The van der Waals surface area contributed by atoms with E-state index in [0.29, 0.717) is 16.2 Å². The van der Waals surface area contributed by atoms with E-state index >= 15 is 0 Å². The Balaban J connectivity index is 1.30. The lowest BCUT2D eigenvalue weighted by atomic mass is 9.47. The Labute approximate surface area is 192 Å². The largest absolute Gasteiger partial charge is 0.393 e. The van der Waals surface area contributed by atoms with Gasteiger partial charge in [0, 0.05) is 0 Å². The van der Waals surface area contributed by atoms with E-state index in [4.69, 9.17) is 0 Å². The van der Waals surface area contributed by atoms with Crippen LogP contribution in [0, 0.1) is 57.7 Å². The first-order valence-corrected chi connectivity index (χ1v) is 14.0. The highest BCUT2D eigenvalue weighted by Crippen LogP contribution is 2.68. The normalized spacial score (nSPS) is 52.2. The lowest BCUT2D eigenvalue weighted by Crippen LogP contribution is -2.50. The molecule has 1 N–H and O–H groups in total. The second kappa shape index (κ2) is 7.61. The van der Waals surface area contributed by atoms with Crippen molar-refractivity contribution >= 4 is 0 Å². The maximum atomic E-state index is 10.3. The molecule has 1 unspecified atom stereocenters. The second-order valence-corrected chi connectivity index (χ2v) is 13.9. The summed E-state index contributed by atoms with van der Waals surface area (Å²) in [5, 5.41) is 10.3. The molecule has 1 nitrogen and oxygen atoms in total. The Morgan fingerprint density at radius 1 is 1.03 bits per heavy atom. The summed E-state index contributed by atoms with van der Waals surface area (Å²) < 4.78 is 0. The third-order valence-corrected chi connectivity index (χ3v) is 12.6. The number of hydrogen-bond acceptors (Lipinski definition) is 1. The maximum Gasteiger partial charge on any atom is 0.0577 e. The summed E-state index contributed by atoms with van der Waals surface area (Å²) in [6.45, 7) is 15.3. The Morgan fingerprint density at radius 2 is 1.77 bits per heavy atom. The zero-order chi connectivity index (χ0) is 22.2. The summed E-state index contributed by atoms with van der Waals surface area (Å²) in [6, 6.07) is 0. The van der Waals surface area contributed by atoms with Crippen molar-refractivity contribution < 1.29 is 5.11 Å². The first-order valence-electron chi connectivity index (χ1n) is 14.0. The molecule has 0 bridgehead atoms. The molecule has 0 aromatic heterocycles. The molecule has 10 atom stereocenters. The van der Waals surface area contributed by atoms with E-state index in [1.165, 1.54) is 57.8 Å². The molecule has 0 aromatic carbocycles. The van der Waals surface area contributed by atoms with E-state index in [-0.39, 0.29) is 6.10 Å². The summed E-state index contributed by atoms with van der Waals surface area (Å²) in [5.41, 5.74) is 3.27. The van der Waals surface area contributed by atoms with Crippen LogP contribution in [0.5, 0.6) is 0 Å². The van der Waals surface area contributed by atoms with Gasteiger partial charge in [-0.2, -0.15) is 0 Å². The average Bonchev–Trinajstić information content (AvgIpc) is 3.25. The van der Waals surface area contributed by atoms with E-state index in [2.05, 4.69) is 47.6 Å². The standard InChI is InChI=1S/C30H50O/c1-19(2)30(18-21(30)4)16-11-20(3)25-9-10-26-24-8-7-22-17-23(31)12-14-28(22,5)27(24)13-15-29(25,26)6/h7,19-21,23-27,31H,8-18H2,1-6H3/t20-,21+,23?,24+,25-,26+,27+,28+,29-,30+/m1/s1. The molecule has 176 valence electrons. The molecule has 5 aliphatic rings. The second-order valence-electron chi connectivity index (χ2n) is 13.9. The van der Waals surface area contributed by atoms with E-state index < -0.39 is 0 Å².